The van der Waals surface area contributed by atoms with Crippen molar-refractivity contribution < 1.29 is 0 Å². The number of nitrogens with one attached hydrogen (secondary N) is 1. The number of rotatable bonds is 6. The first-order valence-electron chi connectivity index (χ1n) is 6.29. The molecule has 0 spiro atoms. The molecule has 0 aliphatic carbocycles. The second-order valence-electron chi connectivity index (χ2n) is 4.35. The van der Waals surface area contributed by atoms with E-state index in [0.717, 1.165) is 19.5 Å². The molecule has 0 bridgehead atoms. The number of benzene rings is 1. The summed E-state index contributed by atoms with van der Waals surface area (Å²) in [4.78, 5) is 2.39. The number of nitrogens with zero attached hydrogens (tertiary/aromatic N) is 1. The third-order valence-corrected chi connectivity index (χ3v) is 2.74. The molecule has 0 saturated carbocycles. The summed E-state index contributed by atoms with van der Waals surface area (Å²) in [5, 5.41) is 3.39. The van der Waals surface area contributed by atoms with Gasteiger partial charge < -0.3 is 10.2 Å². The smallest absolute Gasteiger partial charge is 0.0369 e. The van der Waals surface area contributed by atoms with E-state index in [9.17, 15) is 0 Å². The van der Waals surface area contributed by atoms with Gasteiger partial charge in [-0.3, -0.25) is 0 Å². The van der Waals surface area contributed by atoms with Crippen molar-refractivity contribution in [3.63, 3.8) is 0 Å². The van der Waals surface area contributed by atoms with E-state index >= 15 is 0 Å². The zero-order valence-electron chi connectivity index (χ0n) is 11.0. The average Bonchev–Trinajstić information content (AvgIpc) is 2.28. The molecule has 0 aliphatic heterocycles. The van der Waals surface area contributed by atoms with Gasteiger partial charge in [0.05, 0.1) is 0 Å². The third kappa shape index (κ3) is 3.44. The van der Waals surface area contributed by atoms with E-state index in [1.54, 1.807) is 0 Å². The molecule has 0 aliphatic rings. The SMILES string of the molecule is CCCNc1ccc(N(CC)C(C)C)cc1. The topological polar surface area (TPSA) is 15.3 Å². The molecule has 0 radical (unpaired) electrons. The standard InChI is InChI=1S/C14H24N2/c1-5-11-15-13-7-9-14(10-8-13)16(6-2)12(3)4/h7-10,12,15H,5-6,11H2,1-4H3. The van der Waals surface area contributed by atoms with Crippen LogP contribution in [0.1, 0.15) is 34.1 Å². The molecule has 0 fully saturated rings. The molecule has 2 heteroatoms. The van der Waals surface area contributed by atoms with Crippen LogP contribution in [0.15, 0.2) is 24.3 Å². The molecule has 1 aromatic rings. The molecule has 1 rings (SSSR count). The van der Waals surface area contributed by atoms with E-state index < -0.39 is 0 Å². The second kappa shape index (κ2) is 6.41. The predicted octanol–water partition coefficient (Wildman–Crippen LogP) is 3.74. The highest BCUT2D eigenvalue weighted by atomic mass is 15.1. The van der Waals surface area contributed by atoms with Crippen molar-refractivity contribution in [1.82, 2.24) is 0 Å². The van der Waals surface area contributed by atoms with Crippen molar-refractivity contribution in [3.05, 3.63) is 24.3 Å². The number of anilines is 2. The molecule has 16 heavy (non-hydrogen) atoms. The first kappa shape index (κ1) is 12.9. The van der Waals surface area contributed by atoms with Crippen molar-refractivity contribution in [2.75, 3.05) is 23.3 Å². The lowest BCUT2D eigenvalue weighted by atomic mass is 10.2. The van der Waals surface area contributed by atoms with Gasteiger partial charge in [-0.1, -0.05) is 6.92 Å². The van der Waals surface area contributed by atoms with Gasteiger partial charge in [0.1, 0.15) is 0 Å². The van der Waals surface area contributed by atoms with Gasteiger partial charge in [0, 0.05) is 30.5 Å². The summed E-state index contributed by atoms with van der Waals surface area (Å²) in [5.41, 5.74) is 2.52. The Labute approximate surface area is 99.7 Å². The molecule has 0 atom stereocenters. The number of hydrogen-bond donors (Lipinski definition) is 1. The lowest BCUT2D eigenvalue weighted by Gasteiger charge is -2.27. The van der Waals surface area contributed by atoms with E-state index in [2.05, 4.69) is 62.2 Å². The molecule has 2 nitrogen and oxygen atoms in total. The highest BCUT2D eigenvalue weighted by Crippen LogP contribution is 2.19. The minimum atomic E-state index is 0.555. The van der Waals surface area contributed by atoms with Gasteiger partial charge in [-0.25, -0.2) is 0 Å². The van der Waals surface area contributed by atoms with Crippen LogP contribution in [-0.4, -0.2) is 19.1 Å². The summed E-state index contributed by atoms with van der Waals surface area (Å²) in [6, 6.07) is 9.27. The Bertz CT molecular complexity index is 290. The van der Waals surface area contributed by atoms with Crippen LogP contribution < -0.4 is 10.2 Å². The molecule has 0 heterocycles. The molecule has 0 aromatic heterocycles. The first-order chi connectivity index (χ1) is 7.69. The van der Waals surface area contributed by atoms with Crippen molar-refractivity contribution in [1.29, 1.82) is 0 Å². The van der Waals surface area contributed by atoms with Gasteiger partial charge in [-0.05, 0) is 51.5 Å². The van der Waals surface area contributed by atoms with Gasteiger partial charge in [0.15, 0.2) is 0 Å². The molecule has 1 N–H and O–H groups in total. The van der Waals surface area contributed by atoms with Crippen LogP contribution >= 0.6 is 0 Å². The van der Waals surface area contributed by atoms with Crippen LogP contribution in [0, 0.1) is 0 Å². The van der Waals surface area contributed by atoms with E-state index in [4.69, 9.17) is 0 Å². The second-order valence-corrected chi connectivity index (χ2v) is 4.35. The molecule has 0 unspecified atom stereocenters. The quantitative estimate of drug-likeness (QED) is 0.785. The van der Waals surface area contributed by atoms with Crippen molar-refractivity contribution in [3.8, 4) is 0 Å². The third-order valence-electron chi connectivity index (χ3n) is 2.74. The van der Waals surface area contributed by atoms with Crippen LogP contribution in [0.25, 0.3) is 0 Å². The maximum Gasteiger partial charge on any atom is 0.0369 e. The Balaban J connectivity index is 2.69. The molecular weight excluding hydrogens is 196 g/mol. The van der Waals surface area contributed by atoms with Gasteiger partial charge in [0.25, 0.3) is 0 Å². The fourth-order valence-electron chi connectivity index (χ4n) is 1.89. The Morgan fingerprint density at radius 1 is 1.12 bits per heavy atom. The van der Waals surface area contributed by atoms with Crippen molar-refractivity contribution in [2.45, 2.75) is 40.2 Å². The van der Waals surface area contributed by atoms with Crippen molar-refractivity contribution >= 4 is 11.4 Å². The van der Waals surface area contributed by atoms with Crippen LogP contribution in [0.3, 0.4) is 0 Å². The molecule has 1 aromatic carbocycles. The summed E-state index contributed by atoms with van der Waals surface area (Å²) >= 11 is 0. The van der Waals surface area contributed by atoms with Crippen LogP contribution in [0.5, 0.6) is 0 Å². The largest absolute Gasteiger partial charge is 0.385 e. The lowest BCUT2D eigenvalue weighted by Crippen LogP contribution is -2.30. The number of hydrogen-bond acceptors (Lipinski definition) is 2. The Morgan fingerprint density at radius 2 is 1.75 bits per heavy atom. The molecule has 0 amide bonds. The fourth-order valence-corrected chi connectivity index (χ4v) is 1.89. The highest BCUT2D eigenvalue weighted by molar-refractivity contribution is 5.55. The minimum Gasteiger partial charge on any atom is -0.385 e. The van der Waals surface area contributed by atoms with Gasteiger partial charge in [0.2, 0.25) is 0 Å². The summed E-state index contributed by atoms with van der Waals surface area (Å²) < 4.78 is 0. The maximum absolute atomic E-state index is 3.39. The predicted molar refractivity (Wildman–Crippen MR) is 73.4 cm³/mol. The zero-order valence-corrected chi connectivity index (χ0v) is 11.0. The Kier molecular flexibility index (Phi) is 5.17. The highest BCUT2D eigenvalue weighted by Gasteiger charge is 2.07. The molecule has 90 valence electrons. The van der Waals surface area contributed by atoms with E-state index in [-0.39, 0.29) is 0 Å². The summed E-state index contributed by atoms with van der Waals surface area (Å²) in [6.07, 6.45) is 1.16. The van der Waals surface area contributed by atoms with E-state index in [1.165, 1.54) is 11.4 Å². The average molecular weight is 220 g/mol. The Hall–Kier alpha value is -1.18. The van der Waals surface area contributed by atoms with Crippen LogP contribution in [0.4, 0.5) is 11.4 Å². The van der Waals surface area contributed by atoms with Crippen molar-refractivity contribution in [2.24, 2.45) is 0 Å². The maximum atomic E-state index is 3.39. The minimum absolute atomic E-state index is 0.555. The summed E-state index contributed by atoms with van der Waals surface area (Å²) in [7, 11) is 0. The van der Waals surface area contributed by atoms with E-state index in [1.807, 2.05) is 0 Å². The summed E-state index contributed by atoms with van der Waals surface area (Å²) in [5.74, 6) is 0. The monoisotopic (exact) mass is 220 g/mol. The van der Waals surface area contributed by atoms with E-state index in [0.29, 0.717) is 6.04 Å². The zero-order chi connectivity index (χ0) is 12.0. The molecule has 0 saturated heterocycles. The van der Waals surface area contributed by atoms with Gasteiger partial charge in [-0.15, -0.1) is 0 Å². The molecular formula is C14H24N2. The fraction of sp³-hybridized carbons (Fsp3) is 0.571. The van der Waals surface area contributed by atoms with Crippen LogP contribution in [0.2, 0.25) is 0 Å². The lowest BCUT2D eigenvalue weighted by molar-refractivity contribution is 0.704. The van der Waals surface area contributed by atoms with Gasteiger partial charge >= 0.3 is 0 Å². The van der Waals surface area contributed by atoms with Crippen LogP contribution in [-0.2, 0) is 0 Å². The summed E-state index contributed by atoms with van der Waals surface area (Å²) in [6.45, 7) is 10.9. The first-order valence-corrected chi connectivity index (χ1v) is 6.29. The van der Waals surface area contributed by atoms with Gasteiger partial charge in [-0.2, -0.15) is 0 Å². The normalized spacial score (nSPS) is 10.6. The Morgan fingerprint density at radius 3 is 2.19 bits per heavy atom.